The molecule has 0 aliphatic carbocycles. The van der Waals surface area contributed by atoms with Gasteiger partial charge in [0.1, 0.15) is 0 Å². The number of methoxy groups -OCH3 is 1. The number of nitrogens with zero attached hydrogens (tertiary/aromatic N) is 1. The monoisotopic (exact) mass is 275 g/mol. The number of ether oxygens (including phenoxy) is 1. The van der Waals surface area contributed by atoms with Crippen molar-refractivity contribution < 1.29 is 9.53 Å². The van der Waals surface area contributed by atoms with Gasteiger partial charge in [0, 0.05) is 33.4 Å². The smallest absolute Gasteiger partial charge is 0.233 e. The highest BCUT2D eigenvalue weighted by Crippen LogP contribution is 1.86. The number of hydrogen-bond acceptors (Lipinski definition) is 4. The fourth-order valence-electron chi connectivity index (χ4n) is 1.05. The van der Waals surface area contributed by atoms with E-state index >= 15 is 0 Å². The standard InChI is InChI=1S/C9H21N3O2.2ClH/c1-12(5-3-7-14-2)6-4-11-9(13)8-10;;/h3-8,10H2,1-2H3,(H,11,13);2*1H. The lowest BCUT2D eigenvalue weighted by molar-refractivity contribution is -0.119. The first-order valence-electron chi connectivity index (χ1n) is 4.85. The lowest BCUT2D eigenvalue weighted by Crippen LogP contribution is -2.36. The summed E-state index contributed by atoms with van der Waals surface area (Å²) in [6, 6.07) is 0. The van der Waals surface area contributed by atoms with Gasteiger partial charge in [-0.2, -0.15) is 0 Å². The molecule has 7 heteroatoms. The SMILES string of the molecule is COCCCN(C)CCNC(=O)CN.Cl.Cl. The van der Waals surface area contributed by atoms with Gasteiger partial charge in [-0.3, -0.25) is 4.79 Å². The molecule has 0 aromatic carbocycles. The van der Waals surface area contributed by atoms with E-state index in [0.717, 1.165) is 26.1 Å². The highest BCUT2D eigenvalue weighted by Gasteiger charge is 1.99. The van der Waals surface area contributed by atoms with E-state index in [1.165, 1.54) is 0 Å². The molecule has 16 heavy (non-hydrogen) atoms. The summed E-state index contributed by atoms with van der Waals surface area (Å²) in [6.45, 7) is 3.31. The predicted molar refractivity (Wildman–Crippen MR) is 70.6 cm³/mol. The fraction of sp³-hybridized carbons (Fsp3) is 0.889. The summed E-state index contributed by atoms with van der Waals surface area (Å²) in [5, 5.41) is 2.72. The van der Waals surface area contributed by atoms with E-state index in [1.54, 1.807) is 7.11 Å². The first kappa shape index (κ1) is 21.2. The van der Waals surface area contributed by atoms with Crippen molar-refractivity contribution in [2.45, 2.75) is 6.42 Å². The van der Waals surface area contributed by atoms with E-state index in [-0.39, 0.29) is 37.3 Å². The van der Waals surface area contributed by atoms with Gasteiger partial charge in [-0.15, -0.1) is 24.8 Å². The Kier molecular flexibility index (Phi) is 19.8. The van der Waals surface area contributed by atoms with E-state index in [0.29, 0.717) is 6.54 Å². The van der Waals surface area contributed by atoms with Crippen molar-refractivity contribution in [2.24, 2.45) is 5.73 Å². The third kappa shape index (κ3) is 13.9. The first-order chi connectivity index (χ1) is 6.70. The van der Waals surface area contributed by atoms with Crippen LogP contribution >= 0.6 is 24.8 Å². The molecule has 0 atom stereocenters. The Morgan fingerprint density at radius 2 is 2.00 bits per heavy atom. The molecule has 3 N–H and O–H groups in total. The number of hydrogen-bond donors (Lipinski definition) is 2. The van der Waals surface area contributed by atoms with Crippen LogP contribution in [0.3, 0.4) is 0 Å². The summed E-state index contributed by atoms with van der Waals surface area (Å²) < 4.78 is 4.94. The summed E-state index contributed by atoms with van der Waals surface area (Å²) in [6.07, 6.45) is 1.01. The zero-order valence-corrected chi connectivity index (χ0v) is 11.5. The zero-order valence-electron chi connectivity index (χ0n) is 9.90. The van der Waals surface area contributed by atoms with E-state index in [1.807, 2.05) is 7.05 Å². The molecule has 0 aromatic heterocycles. The average Bonchev–Trinajstić information content (AvgIpc) is 2.18. The minimum absolute atomic E-state index is 0. The summed E-state index contributed by atoms with van der Waals surface area (Å²) in [4.78, 5) is 12.9. The van der Waals surface area contributed by atoms with Gasteiger partial charge in [0.2, 0.25) is 5.91 Å². The molecule has 0 aromatic rings. The van der Waals surface area contributed by atoms with E-state index in [4.69, 9.17) is 10.5 Å². The van der Waals surface area contributed by atoms with Crippen LogP contribution < -0.4 is 11.1 Å². The number of carbonyl (C=O) groups is 1. The van der Waals surface area contributed by atoms with E-state index in [9.17, 15) is 4.79 Å². The Bertz CT molecular complexity index is 162. The van der Waals surface area contributed by atoms with Crippen molar-refractivity contribution in [1.29, 1.82) is 0 Å². The Hall–Kier alpha value is -0.0700. The number of nitrogens with two attached hydrogens (primary N) is 1. The molecule has 0 heterocycles. The van der Waals surface area contributed by atoms with Crippen LogP contribution in [0.25, 0.3) is 0 Å². The molecule has 0 radical (unpaired) electrons. The van der Waals surface area contributed by atoms with Gasteiger partial charge in [-0.05, 0) is 13.5 Å². The highest BCUT2D eigenvalue weighted by molar-refractivity contribution is 5.85. The highest BCUT2D eigenvalue weighted by atomic mass is 35.5. The Labute approximate surface area is 110 Å². The second-order valence-corrected chi connectivity index (χ2v) is 3.20. The Morgan fingerprint density at radius 1 is 1.38 bits per heavy atom. The number of carbonyl (C=O) groups excluding carboxylic acids is 1. The molecular formula is C9H23Cl2N3O2. The largest absolute Gasteiger partial charge is 0.385 e. The van der Waals surface area contributed by atoms with Crippen LogP contribution in [-0.4, -0.2) is 57.8 Å². The van der Waals surface area contributed by atoms with Crippen molar-refractivity contribution in [1.82, 2.24) is 10.2 Å². The molecule has 100 valence electrons. The minimum atomic E-state index is -0.102. The van der Waals surface area contributed by atoms with E-state index < -0.39 is 0 Å². The zero-order chi connectivity index (χ0) is 10.8. The van der Waals surface area contributed by atoms with Crippen LogP contribution in [0.5, 0.6) is 0 Å². The summed E-state index contributed by atoms with van der Waals surface area (Å²) in [5.41, 5.74) is 5.14. The number of nitrogens with one attached hydrogen (secondary N) is 1. The summed E-state index contributed by atoms with van der Waals surface area (Å²) >= 11 is 0. The topological polar surface area (TPSA) is 67.6 Å². The number of halogens is 2. The third-order valence-electron chi connectivity index (χ3n) is 1.89. The molecule has 0 spiro atoms. The number of likely N-dealkylation sites (N-methyl/N-ethyl adjacent to an activating group) is 1. The third-order valence-corrected chi connectivity index (χ3v) is 1.89. The molecule has 0 aliphatic heterocycles. The summed E-state index contributed by atoms with van der Waals surface area (Å²) in [7, 11) is 3.71. The average molecular weight is 276 g/mol. The van der Waals surface area contributed by atoms with Gasteiger partial charge in [-0.1, -0.05) is 0 Å². The first-order valence-corrected chi connectivity index (χ1v) is 4.85. The van der Waals surface area contributed by atoms with Gasteiger partial charge in [0.05, 0.1) is 6.54 Å². The Morgan fingerprint density at radius 3 is 2.50 bits per heavy atom. The second kappa shape index (κ2) is 14.9. The van der Waals surface area contributed by atoms with Crippen LogP contribution in [-0.2, 0) is 9.53 Å². The fourth-order valence-corrected chi connectivity index (χ4v) is 1.05. The molecule has 1 amide bonds. The van der Waals surface area contributed by atoms with Crippen LogP contribution in [0.2, 0.25) is 0 Å². The van der Waals surface area contributed by atoms with Crippen molar-refractivity contribution in [3.8, 4) is 0 Å². The maximum Gasteiger partial charge on any atom is 0.233 e. The second-order valence-electron chi connectivity index (χ2n) is 3.20. The number of rotatable bonds is 8. The van der Waals surface area contributed by atoms with Crippen molar-refractivity contribution in [3.63, 3.8) is 0 Å². The van der Waals surface area contributed by atoms with Gasteiger partial charge in [0.25, 0.3) is 0 Å². The van der Waals surface area contributed by atoms with Crippen LogP contribution in [0, 0.1) is 0 Å². The molecule has 0 aliphatic rings. The Balaban J connectivity index is -0.000000845. The normalized spacial score (nSPS) is 9.25. The van der Waals surface area contributed by atoms with Gasteiger partial charge < -0.3 is 20.7 Å². The summed E-state index contributed by atoms with van der Waals surface area (Å²) in [5.74, 6) is -0.102. The molecular weight excluding hydrogens is 253 g/mol. The molecule has 5 nitrogen and oxygen atoms in total. The van der Waals surface area contributed by atoms with Crippen molar-refractivity contribution in [2.75, 3.05) is 46.9 Å². The molecule has 0 unspecified atom stereocenters. The molecule has 0 bridgehead atoms. The molecule has 0 saturated carbocycles. The van der Waals surface area contributed by atoms with Crippen LogP contribution in [0.1, 0.15) is 6.42 Å². The quantitative estimate of drug-likeness (QED) is 0.606. The maximum absolute atomic E-state index is 10.8. The van der Waals surface area contributed by atoms with Crippen molar-refractivity contribution >= 4 is 30.7 Å². The molecule has 0 fully saturated rings. The van der Waals surface area contributed by atoms with Gasteiger partial charge >= 0.3 is 0 Å². The van der Waals surface area contributed by atoms with Crippen LogP contribution in [0.4, 0.5) is 0 Å². The number of amides is 1. The molecule has 0 saturated heterocycles. The van der Waals surface area contributed by atoms with Gasteiger partial charge in [0.15, 0.2) is 0 Å². The minimum Gasteiger partial charge on any atom is -0.385 e. The van der Waals surface area contributed by atoms with Gasteiger partial charge in [-0.25, -0.2) is 0 Å². The van der Waals surface area contributed by atoms with Crippen LogP contribution in [0.15, 0.2) is 0 Å². The maximum atomic E-state index is 10.8. The molecule has 0 rings (SSSR count). The predicted octanol–water partition coefficient (Wildman–Crippen LogP) is -0.127. The van der Waals surface area contributed by atoms with E-state index in [2.05, 4.69) is 10.2 Å². The lowest BCUT2D eigenvalue weighted by atomic mass is 10.4. The lowest BCUT2D eigenvalue weighted by Gasteiger charge is -2.16. The van der Waals surface area contributed by atoms with Crippen molar-refractivity contribution in [3.05, 3.63) is 0 Å².